The molecule has 0 aromatic heterocycles. The zero-order valence-corrected chi connectivity index (χ0v) is 8.92. The van der Waals surface area contributed by atoms with Crippen molar-refractivity contribution in [3.05, 3.63) is 12.4 Å². The van der Waals surface area contributed by atoms with Gasteiger partial charge in [0.15, 0.2) is 0 Å². The minimum Gasteiger partial charge on any atom is -0.310 e. The number of rotatable bonds is 6. The van der Waals surface area contributed by atoms with Crippen molar-refractivity contribution in [3.8, 4) is 0 Å². The zero-order valence-electron chi connectivity index (χ0n) is 8.92. The van der Waals surface area contributed by atoms with Crippen LogP contribution in [0.2, 0.25) is 0 Å². The van der Waals surface area contributed by atoms with Crippen LogP contribution in [0, 0.1) is 5.92 Å². The Balaban J connectivity index is 2.23. The van der Waals surface area contributed by atoms with Crippen molar-refractivity contribution in [2.45, 2.75) is 33.1 Å². The molecule has 14 heavy (non-hydrogen) atoms. The molecule has 0 aromatic rings. The van der Waals surface area contributed by atoms with Crippen molar-refractivity contribution in [3.63, 3.8) is 0 Å². The lowest BCUT2D eigenvalue weighted by atomic mass is 9.99. The van der Waals surface area contributed by atoms with Gasteiger partial charge in [-0.25, -0.2) is 0 Å². The number of hydrogen-bond acceptors (Lipinski definition) is 4. The molecule has 0 bridgehead atoms. The van der Waals surface area contributed by atoms with Crippen molar-refractivity contribution in [1.29, 1.82) is 0 Å². The predicted molar refractivity (Wildman–Crippen MR) is 55.8 cm³/mol. The summed E-state index contributed by atoms with van der Waals surface area (Å²) in [5, 5.41) is 2.01. The number of hydrogen-bond donors (Lipinski definition) is 2. The molecule has 1 heterocycles. The van der Waals surface area contributed by atoms with Crippen LogP contribution in [0.5, 0.6) is 0 Å². The molecule has 0 aliphatic carbocycles. The van der Waals surface area contributed by atoms with Gasteiger partial charge in [-0.3, -0.25) is 5.01 Å². The van der Waals surface area contributed by atoms with Crippen molar-refractivity contribution in [1.82, 2.24) is 16.0 Å². The van der Waals surface area contributed by atoms with Crippen LogP contribution in [0.1, 0.15) is 33.1 Å². The fourth-order valence-corrected chi connectivity index (χ4v) is 1.50. The highest BCUT2D eigenvalue weighted by molar-refractivity contribution is 5.75. The molecule has 0 unspecified atom stereocenters. The summed E-state index contributed by atoms with van der Waals surface area (Å²) in [5.74, 6) is 0.863. The molecule has 0 spiro atoms. The number of nitrogens with zero attached hydrogens (tertiary/aromatic N) is 1. The van der Waals surface area contributed by atoms with Gasteiger partial charge in [0.25, 0.3) is 0 Å². The molecule has 0 fully saturated rings. The fourth-order valence-electron chi connectivity index (χ4n) is 1.50. The first-order chi connectivity index (χ1) is 6.72. The van der Waals surface area contributed by atoms with Crippen LogP contribution in [-0.2, 0) is 4.79 Å². The Morgan fingerprint density at radius 1 is 1.57 bits per heavy atom. The SMILES string of the molecule is CC[C@@H](CCC(C)=O)CN1C=CNN1. The number of nitrogens with one attached hydrogen (secondary N) is 2. The number of Topliss-reactive ketones (excluding diaryl/α,β-unsaturated/α-hetero) is 1. The summed E-state index contributed by atoms with van der Waals surface area (Å²) in [6.45, 7) is 4.77. The number of carbonyl (C=O) groups is 1. The first kappa shape index (κ1) is 11.0. The molecule has 0 saturated heterocycles. The average Bonchev–Trinajstić information content (AvgIpc) is 2.64. The largest absolute Gasteiger partial charge is 0.310 e. The summed E-state index contributed by atoms with van der Waals surface area (Å²) in [6.07, 6.45) is 6.62. The molecule has 2 N–H and O–H groups in total. The predicted octanol–water partition coefficient (Wildman–Crippen LogP) is 1.18. The quantitative estimate of drug-likeness (QED) is 0.671. The Hall–Kier alpha value is -1.03. The van der Waals surface area contributed by atoms with E-state index in [0.717, 1.165) is 19.4 Å². The fraction of sp³-hybridized carbons (Fsp3) is 0.700. The van der Waals surface area contributed by atoms with Crippen LogP contribution < -0.4 is 11.0 Å². The summed E-state index contributed by atoms with van der Waals surface area (Å²) in [4.78, 5) is 10.8. The summed E-state index contributed by atoms with van der Waals surface area (Å²) in [7, 11) is 0. The van der Waals surface area contributed by atoms with E-state index in [1.165, 1.54) is 0 Å². The van der Waals surface area contributed by atoms with Crippen molar-refractivity contribution in [2.24, 2.45) is 5.92 Å². The van der Waals surface area contributed by atoms with Crippen LogP contribution in [-0.4, -0.2) is 17.3 Å². The van der Waals surface area contributed by atoms with Crippen LogP contribution in [0.25, 0.3) is 0 Å². The molecular formula is C10H19N3O. The second kappa shape index (κ2) is 5.65. The van der Waals surface area contributed by atoms with Gasteiger partial charge in [0.05, 0.1) is 0 Å². The highest BCUT2D eigenvalue weighted by Crippen LogP contribution is 2.13. The molecule has 0 saturated carbocycles. The Bertz CT molecular complexity index is 215. The Morgan fingerprint density at radius 2 is 2.36 bits per heavy atom. The van der Waals surface area contributed by atoms with Gasteiger partial charge in [-0.05, 0) is 19.3 Å². The Morgan fingerprint density at radius 3 is 2.86 bits per heavy atom. The minimum absolute atomic E-state index is 0.284. The summed E-state index contributed by atoms with van der Waals surface area (Å²) >= 11 is 0. The van der Waals surface area contributed by atoms with Crippen LogP contribution in [0.4, 0.5) is 0 Å². The Labute approximate surface area is 85.3 Å². The second-order valence-electron chi connectivity index (χ2n) is 3.74. The van der Waals surface area contributed by atoms with E-state index in [4.69, 9.17) is 0 Å². The third-order valence-corrected chi connectivity index (χ3v) is 2.48. The highest BCUT2D eigenvalue weighted by Gasteiger charge is 2.12. The van der Waals surface area contributed by atoms with E-state index >= 15 is 0 Å². The molecule has 0 aromatic carbocycles. The maximum absolute atomic E-state index is 10.8. The van der Waals surface area contributed by atoms with E-state index in [9.17, 15) is 4.79 Å². The van der Waals surface area contributed by atoms with Gasteiger partial charge in [0, 0.05) is 25.4 Å². The molecule has 1 rings (SSSR count). The molecular weight excluding hydrogens is 178 g/mol. The van der Waals surface area contributed by atoms with Gasteiger partial charge in [-0.15, -0.1) is 5.53 Å². The van der Waals surface area contributed by atoms with E-state index < -0.39 is 0 Å². The van der Waals surface area contributed by atoms with Gasteiger partial charge in [-0.2, -0.15) is 0 Å². The van der Waals surface area contributed by atoms with E-state index in [1.54, 1.807) is 6.92 Å². The molecule has 80 valence electrons. The third kappa shape index (κ3) is 3.79. The molecule has 1 atom stereocenters. The molecule has 4 nitrogen and oxygen atoms in total. The number of carbonyl (C=O) groups excluding carboxylic acids is 1. The maximum atomic E-state index is 10.8. The zero-order chi connectivity index (χ0) is 10.4. The monoisotopic (exact) mass is 197 g/mol. The topological polar surface area (TPSA) is 44.4 Å². The van der Waals surface area contributed by atoms with Gasteiger partial charge in [0.1, 0.15) is 5.78 Å². The summed E-state index contributed by atoms with van der Waals surface area (Å²) < 4.78 is 0. The van der Waals surface area contributed by atoms with Gasteiger partial charge in [-0.1, -0.05) is 13.3 Å². The van der Waals surface area contributed by atoms with Crippen LogP contribution >= 0.6 is 0 Å². The van der Waals surface area contributed by atoms with Crippen molar-refractivity contribution >= 4 is 5.78 Å². The molecule has 4 heteroatoms. The van der Waals surface area contributed by atoms with E-state index in [2.05, 4.69) is 17.9 Å². The normalized spacial score (nSPS) is 16.9. The number of ketones is 1. The third-order valence-electron chi connectivity index (χ3n) is 2.48. The first-order valence-electron chi connectivity index (χ1n) is 5.16. The highest BCUT2D eigenvalue weighted by atomic mass is 16.1. The molecule has 0 radical (unpaired) electrons. The Kier molecular flexibility index (Phi) is 4.46. The lowest BCUT2D eigenvalue weighted by Crippen LogP contribution is -2.38. The lowest BCUT2D eigenvalue weighted by molar-refractivity contribution is -0.117. The summed E-state index contributed by atoms with van der Waals surface area (Å²) in [5.41, 5.74) is 5.89. The lowest BCUT2D eigenvalue weighted by Gasteiger charge is -2.21. The van der Waals surface area contributed by atoms with E-state index in [0.29, 0.717) is 12.3 Å². The smallest absolute Gasteiger partial charge is 0.129 e. The number of hydrazine groups is 2. The average molecular weight is 197 g/mol. The van der Waals surface area contributed by atoms with E-state index in [-0.39, 0.29) is 5.78 Å². The molecule has 1 aliphatic heterocycles. The standard InChI is InChI=1S/C10H19N3O/c1-3-10(5-4-9(2)14)8-13-7-6-11-12-13/h6-7,10-12H,3-5,8H2,1-2H3/t10-/m0/s1. The van der Waals surface area contributed by atoms with Gasteiger partial charge < -0.3 is 10.2 Å². The maximum Gasteiger partial charge on any atom is 0.129 e. The molecule has 0 amide bonds. The summed E-state index contributed by atoms with van der Waals surface area (Å²) in [6, 6.07) is 0. The van der Waals surface area contributed by atoms with Gasteiger partial charge >= 0.3 is 0 Å². The van der Waals surface area contributed by atoms with Crippen molar-refractivity contribution in [2.75, 3.05) is 6.54 Å². The van der Waals surface area contributed by atoms with Crippen LogP contribution in [0.3, 0.4) is 0 Å². The van der Waals surface area contributed by atoms with Crippen LogP contribution in [0.15, 0.2) is 12.4 Å². The van der Waals surface area contributed by atoms with Gasteiger partial charge in [0.2, 0.25) is 0 Å². The van der Waals surface area contributed by atoms with Crippen molar-refractivity contribution < 1.29 is 4.79 Å². The first-order valence-corrected chi connectivity index (χ1v) is 5.16. The molecule has 1 aliphatic rings. The second-order valence-corrected chi connectivity index (χ2v) is 3.74. The minimum atomic E-state index is 0.284. The van der Waals surface area contributed by atoms with E-state index in [1.807, 2.05) is 17.4 Å².